The van der Waals surface area contributed by atoms with Gasteiger partial charge in [0, 0.05) is 18.0 Å². The van der Waals surface area contributed by atoms with Crippen molar-refractivity contribution in [1.29, 1.82) is 0 Å². The zero-order valence-corrected chi connectivity index (χ0v) is 14.9. The van der Waals surface area contributed by atoms with Gasteiger partial charge in [0.2, 0.25) is 0 Å². The van der Waals surface area contributed by atoms with E-state index in [0.29, 0.717) is 12.0 Å². The maximum atomic E-state index is 4.24. The van der Waals surface area contributed by atoms with Gasteiger partial charge in [-0.25, -0.2) is 0 Å². The van der Waals surface area contributed by atoms with Crippen LogP contribution in [-0.2, 0) is 6.54 Å². The van der Waals surface area contributed by atoms with Crippen LogP contribution in [0.2, 0.25) is 0 Å². The molecule has 2 N–H and O–H groups in total. The van der Waals surface area contributed by atoms with Crippen molar-refractivity contribution in [3.8, 4) is 0 Å². The molecule has 0 spiro atoms. The molecular formula is C13H24IN3S. The van der Waals surface area contributed by atoms with E-state index < -0.39 is 0 Å². The van der Waals surface area contributed by atoms with Gasteiger partial charge in [-0.15, -0.1) is 35.3 Å². The fourth-order valence-corrected chi connectivity index (χ4v) is 2.17. The molecule has 3 nitrogen and oxygen atoms in total. The smallest absolute Gasteiger partial charge is 0.191 e. The van der Waals surface area contributed by atoms with Gasteiger partial charge in [-0.3, -0.25) is 4.99 Å². The molecule has 0 fully saturated rings. The van der Waals surface area contributed by atoms with Crippen LogP contribution >= 0.6 is 35.3 Å². The van der Waals surface area contributed by atoms with Gasteiger partial charge in [0.1, 0.15) is 0 Å². The Morgan fingerprint density at radius 1 is 1.39 bits per heavy atom. The van der Waals surface area contributed by atoms with Gasteiger partial charge in [-0.2, -0.15) is 0 Å². The lowest BCUT2D eigenvalue weighted by Gasteiger charge is -2.20. The van der Waals surface area contributed by atoms with Crippen LogP contribution in [0, 0.1) is 12.8 Å². The zero-order chi connectivity index (χ0) is 12.8. The molecule has 5 heteroatoms. The van der Waals surface area contributed by atoms with Crippen LogP contribution in [0.1, 0.15) is 31.2 Å². The number of rotatable bonds is 4. The van der Waals surface area contributed by atoms with E-state index >= 15 is 0 Å². The summed E-state index contributed by atoms with van der Waals surface area (Å²) in [7, 11) is 1.81. The standard InChI is InChI=1S/C13H23N3S.HI/c1-9(2)11(4)16-13(14-5)15-8-12-10(3)6-7-17-12;/h6-7,9,11H,8H2,1-5H3,(H2,14,15,16);1H. The molecule has 1 rings (SSSR count). The van der Waals surface area contributed by atoms with E-state index in [0.717, 1.165) is 12.5 Å². The Bertz CT molecular complexity index is 374. The Hall–Kier alpha value is -0.300. The van der Waals surface area contributed by atoms with Crippen molar-refractivity contribution in [3.05, 3.63) is 21.9 Å². The summed E-state index contributed by atoms with van der Waals surface area (Å²) in [6.45, 7) is 9.56. The zero-order valence-electron chi connectivity index (χ0n) is 11.8. The van der Waals surface area contributed by atoms with Gasteiger partial charge in [-0.05, 0) is 36.8 Å². The molecule has 1 aromatic heterocycles. The third-order valence-electron chi connectivity index (χ3n) is 2.97. The number of nitrogens with zero attached hydrogens (tertiary/aromatic N) is 1. The van der Waals surface area contributed by atoms with Crippen molar-refractivity contribution in [1.82, 2.24) is 10.6 Å². The van der Waals surface area contributed by atoms with Crippen LogP contribution in [0.3, 0.4) is 0 Å². The number of aryl methyl sites for hydroxylation is 1. The van der Waals surface area contributed by atoms with Gasteiger partial charge in [0.05, 0.1) is 6.54 Å². The second kappa shape index (κ2) is 8.74. The molecule has 1 unspecified atom stereocenters. The van der Waals surface area contributed by atoms with E-state index in [2.05, 4.69) is 54.8 Å². The molecule has 1 atom stereocenters. The van der Waals surface area contributed by atoms with Crippen molar-refractivity contribution >= 4 is 41.3 Å². The van der Waals surface area contributed by atoms with Crippen molar-refractivity contribution in [3.63, 3.8) is 0 Å². The molecule has 0 bridgehead atoms. The van der Waals surface area contributed by atoms with Crippen LogP contribution in [0.15, 0.2) is 16.4 Å². The summed E-state index contributed by atoms with van der Waals surface area (Å²) in [5.41, 5.74) is 1.34. The third-order valence-corrected chi connectivity index (χ3v) is 4.00. The molecule has 1 heterocycles. The minimum atomic E-state index is 0. The molecule has 0 radical (unpaired) electrons. The number of hydrogen-bond donors (Lipinski definition) is 2. The largest absolute Gasteiger partial charge is 0.354 e. The molecule has 104 valence electrons. The highest BCUT2D eigenvalue weighted by Crippen LogP contribution is 2.14. The Kier molecular flexibility index (Phi) is 8.60. The average Bonchev–Trinajstić information content (AvgIpc) is 2.69. The quantitative estimate of drug-likeness (QED) is 0.477. The number of hydrogen-bond acceptors (Lipinski definition) is 2. The van der Waals surface area contributed by atoms with Crippen LogP contribution in [-0.4, -0.2) is 19.0 Å². The van der Waals surface area contributed by atoms with E-state index in [1.807, 2.05) is 7.05 Å². The van der Waals surface area contributed by atoms with E-state index in [-0.39, 0.29) is 24.0 Å². The minimum absolute atomic E-state index is 0. The molecule has 0 saturated heterocycles. The summed E-state index contributed by atoms with van der Waals surface area (Å²) in [5.74, 6) is 1.47. The topological polar surface area (TPSA) is 36.4 Å². The van der Waals surface area contributed by atoms with Crippen molar-refractivity contribution in [2.24, 2.45) is 10.9 Å². The number of halogens is 1. The lowest BCUT2D eigenvalue weighted by molar-refractivity contribution is 0.481. The Labute approximate surface area is 131 Å². The summed E-state index contributed by atoms with van der Waals surface area (Å²) in [6.07, 6.45) is 0. The predicted molar refractivity (Wildman–Crippen MR) is 92.1 cm³/mol. The summed E-state index contributed by atoms with van der Waals surface area (Å²) < 4.78 is 0. The molecule has 0 aliphatic carbocycles. The molecule has 0 saturated carbocycles. The van der Waals surface area contributed by atoms with Crippen LogP contribution in [0.4, 0.5) is 0 Å². The lowest BCUT2D eigenvalue weighted by Crippen LogP contribution is -2.43. The first-order valence-corrected chi connectivity index (χ1v) is 6.92. The lowest BCUT2D eigenvalue weighted by atomic mass is 10.1. The maximum Gasteiger partial charge on any atom is 0.191 e. The van der Waals surface area contributed by atoms with Crippen molar-refractivity contribution in [2.75, 3.05) is 7.05 Å². The van der Waals surface area contributed by atoms with Crippen molar-refractivity contribution in [2.45, 2.75) is 40.3 Å². The van der Waals surface area contributed by atoms with Gasteiger partial charge >= 0.3 is 0 Å². The van der Waals surface area contributed by atoms with E-state index in [1.54, 1.807) is 11.3 Å². The summed E-state index contributed by atoms with van der Waals surface area (Å²) in [4.78, 5) is 5.60. The predicted octanol–water partition coefficient (Wildman–Crippen LogP) is 3.38. The van der Waals surface area contributed by atoms with E-state index in [4.69, 9.17) is 0 Å². The number of guanidine groups is 1. The van der Waals surface area contributed by atoms with Gasteiger partial charge < -0.3 is 10.6 Å². The first kappa shape index (κ1) is 17.7. The highest BCUT2D eigenvalue weighted by molar-refractivity contribution is 14.0. The van der Waals surface area contributed by atoms with E-state index in [9.17, 15) is 0 Å². The summed E-state index contributed by atoms with van der Waals surface area (Å²) in [5, 5.41) is 8.86. The monoisotopic (exact) mass is 381 g/mol. The summed E-state index contributed by atoms with van der Waals surface area (Å²) >= 11 is 1.78. The van der Waals surface area contributed by atoms with Crippen LogP contribution in [0.25, 0.3) is 0 Å². The molecule has 0 amide bonds. The van der Waals surface area contributed by atoms with E-state index in [1.165, 1.54) is 10.4 Å². The number of thiophene rings is 1. The second-order valence-electron chi connectivity index (χ2n) is 4.63. The third kappa shape index (κ3) is 5.56. The highest BCUT2D eigenvalue weighted by Gasteiger charge is 2.09. The van der Waals surface area contributed by atoms with Crippen LogP contribution < -0.4 is 10.6 Å². The molecular weight excluding hydrogens is 357 g/mol. The fraction of sp³-hybridized carbons (Fsp3) is 0.615. The van der Waals surface area contributed by atoms with Gasteiger partial charge in [0.15, 0.2) is 5.96 Å². The normalized spacial score (nSPS) is 13.1. The Morgan fingerprint density at radius 2 is 2.06 bits per heavy atom. The Balaban J connectivity index is 0.00000289. The van der Waals surface area contributed by atoms with Gasteiger partial charge in [0.25, 0.3) is 0 Å². The first-order chi connectivity index (χ1) is 8.04. The van der Waals surface area contributed by atoms with Crippen molar-refractivity contribution < 1.29 is 0 Å². The first-order valence-electron chi connectivity index (χ1n) is 6.04. The Morgan fingerprint density at radius 3 is 2.50 bits per heavy atom. The summed E-state index contributed by atoms with van der Waals surface area (Å²) in [6, 6.07) is 2.57. The molecule has 0 aliphatic heterocycles. The SMILES string of the molecule is CN=C(NCc1sccc1C)NC(C)C(C)C.I. The minimum Gasteiger partial charge on any atom is -0.354 e. The highest BCUT2D eigenvalue weighted by atomic mass is 127. The maximum absolute atomic E-state index is 4.24. The molecule has 18 heavy (non-hydrogen) atoms. The number of nitrogens with one attached hydrogen (secondary N) is 2. The molecule has 0 aromatic carbocycles. The molecule has 0 aliphatic rings. The fourth-order valence-electron chi connectivity index (χ4n) is 1.33. The van der Waals surface area contributed by atoms with Crippen LogP contribution in [0.5, 0.6) is 0 Å². The molecule has 1 aromatic rings. The second-order valence-corrected chi connectivity index (χ2v) is 5.63. The number of aliphatic imine (C=N–C) groups is 1. The average molecular weight is 381 g/mol. The van der Waals surface area contributed by atoms with Gasteiger partial charge in [-0.1, -0.05) is 13.8 Å².